The first-order valence-corrected chi connectivity index (χ1v) is 6.09. The third kappa shape index (κ3) is 1.64. The predicted molar refractivity (Wildman–Crippen MR) is 49.9 cm³/mol. The molecule has 1 fully saturated rings. The summed E-state index contributed by atoms with van der Waals surface area (Å²) in [5.41, 5.74) is 0. The molecule has 2 atom stereocenters. The molecule has 0 aromatic rings. The minimum Gasteiger partial charge on any atom is -0.315 e. The Bertz CT molecular complexity index is 246. The molecule has 1 aliphatic heterocycles. The number of hydrogen-bond donors (Lipinski definition) is 1. The van der Waals surface area contributed by atoms with Crippen molar-refractivity contribution >= 4 is 9.84 Å². The van der Waals surface area contributed by atoms with Gasteiger partial charge >= 0.3 is 0 Å². The first-order valence-electron chi connectivity index (χ1n) is 4.38. The van der Waals surface area contributed by atoms with Gasteiger partial charge in [0.1, 0.15) is 0 Å². The molecule has 0 aromatic heterocycles. The Labute approximate surface area is 74.5 Å². The average Bonchev–Trinajstić information content (AvgIpc) is 1.97. The molecule has 12 heavy (non-hydrogen) atoms. The van der Waals surface area contributed by atoms with Crippen LogP contribution in [0.25, 0.3) is 0 Å². The van der Waals surface area contributed by atoms with Crippen LogP contribution in [0.1, 0.15) is 20.3 Å². The van der Waals surface area contributed by atoms with Crippen molar-refractivity contribution in [3.8, 4) is 0 Å². The van der Waals surface area contributed by atoms with Crippen LogP contribution in [0.4, 0.5) is 0 Å². The van der Waals surface area contributed by atoms with Crippen molar-refractivity contribution in [3.05, 3.63) is 0 Å². The molecule has 1 N–H and O–H groups in total. The molecule has 3 nitrogen and oxygen atoms in total. The minimum atomic E-state index is -2.74. The minimum absolute atomic E-state index is 0.128. The van der Waals surface area contributed by atoms with E-state index in [-0.39, 0.29) is 11.3 Å². The molecule has 0 aliphatic carbocycles. The van der Waals surface area contributed by atoms with Crippen LogP contribution in [0.3, 0.4) is 0 Å². The molecule has 1 saturated heterocycles. The predicted octanol–water partition coefficient (Wildman–Crippen LogP) is 0.417. The van der Waals surface area contributed by atoms with E-state index >= 15 is 0 Å². The molecule has 0 bridgehead atoms. The first kappa shape index (κ1) is 9.99. The van der Waals surface area contributed by atoms with Gasteiger partial charge < -0.3 is 5.32 Å². The Hall–Kier alpha value is -0.0900. The lowest BCUT2D eigenvalue weighted by Gasteiger charge is -2.35. The number of rotatable bonds is 3. The fourth-order valence-electron chi connectivity index (χ4n) is 1.80. The highest BCUT2D eigenvalue weighted by Gasteiger charge is 2.41. The van der Waals surface area contributed by atoms with Crippen molar-refractivity contribution in [2.75, 3.05) is 12.8 Å². The highest BCUT2D eigenvalue weighted by Crippen LogP contribution is 2.26. The molecule has 0 spiro atoms. The standard InChI is InChI=1S/C8H17NO2S/c1-6(2)8(9-3)7-4-5-12(7,10)11/h6-9H,4-5H2,1-3H3. The van der Waals surface area contributed by atoms with Gasteiger partial charge in [-0.05, 0) is 19.4 Å². The lowest BCUT2D eigenvalue weighted by Crippen LogP contribution is -2.53. The van der Waals surface area contributed by atoms with Crippen LogP contribution < -0.4 is 5.32 Å². The van der Waals surface area contributed by atoms with Gasteiger partial charge in [0.15, 0.2) is 9.84 Å². The summed E-state index contributed by atoms with van der Waals surface area (Å²) >= 11 is 0. The van der Waals surface area contributed by atoms with Gasteiger partial charge in [-0.1, -0.05) is 13.8 Å². The van der Waals surface area contributed by atoms with Gasteiger partial charge in [0.2, 0.25) is 0 Å². The maximum Gasteiger partial charge on any atom is 0.154 e. The van der Waals surface area contributed by atoms with Gasteiger partial charge in [-0.25, -0.2) is 8.42 Å². The Morgan fingerprint density at radius 2 is 2.00 bits per heavy atom. The molecule has 1 heterocycles. The monoisotopic (exact) mass is 191 g/mol. The lowest BCUT2D eigenvalue weighted by atomic mass is 9.99. The van der Waals surface area contributed by atoms with E-state index in [4.69, 9.17) is 0 Å². The van der Waals surface area contributed by atoms with Crippen molar-refractivity contribution in [1.82, 2.24) is 5.32 Å². The van der Waals surface area contributed by atoms with E-state index in [0.717, 1.165) is 6.42 Å². The smallest absolute Gasteiger partial charge is 0.154 e. The Kier molecular flexibility index (Phi) is 2.78. The SMILES string of the molecule is CNC(C(C)C)C1CCS1(=O)=O. The third-order valence-electron chi connectivity index (χ3n) is 2.60. The van der Waals surface area contributed by atoms with Crippen LogP contribution >= 0.6 is 0 Å². The Balaban J connectivity index is 2.68. The fraction of sp³-hybridized carbons (Fsp3) is 1.00. The van der Waals surface area contributed by atoms with Crippen LogP contribution in [0, 0.1) is 5.92 Å². The number of nitrogens with one attached hydrogen (secondary N) is 1. The summed E-state index contributed by atoms with van der Waals surface area (Å²) in [6.07, 6.45) is 0.825. The van der Waals surface area contributed by atoms with E-state index < -0.39 is 9.84 Å². The van der Waals surface area contributed by atoms with Crippen molar-refractivity contribution in [2.24, 2.45) is 5.92 Å². The molecular weight excluding hydrogens is 174 g/mol. The summed E-state index contributed by atoms with van der Waals surface area (Å²) in [4.78, 5) is 0. The van der Waals surface area contributed by atoms with Crippen molar-refractivity contribution in [2.45, 2.75) is 31.6 Å². The molecule has 0 saturated carbocycles. The zero-order valence-electron chi connectivity index (χ0n) is 7.87. The first-order chi connectivity index (χ1) is 5.49. The summed E-state index contributed by atoms with van der Waals surface area (Å²) in [6.45, 7) is 4.10. The van der Waals surface area contributed by atoms with Crippen molar-refractivity contribution in [1.29, 1.82) is 0 Å². The zero-order chi connectivity index (χ0) is 9.35. The molecule has 2 unspecified atom stereocenters. The van der Waals surface area contributed by atoms with Crippen LogP contribution in [-0.2, 0) is 9.84 Å². The molecular formula is C8H17NO2S. The molecule has 72 valence electrons. The fourth-order valence-corrected chi connectivity index (χ4v) is 3.59. The van der Waals surface area contributed by atoms with Gasteiger partial charge in [-0.15, -0.1) is 0 Å². The van der Waals surface area contributed by atoms with Gasteiger partial charge in [0.05, 0.1) is 11.0 Å². The van der Waals surface area contributed by atoms with E-state index in [1.807, 2.05) is 7.05 Å². The molecule has 0 aromatic carbocycles. The zero-order valence-corrected chi connectivity index (χ0v) is 8.69. The van der Waals surface area contributed by atoms with Gasteiger partial charge in [-0.2, -0.15) is 0 Å². The quantitative estimate of drug-likeness (QED) is 0.703. The summed E-state index contributed by atoms with van der Waals surface area (Å²) in [7, 11) is -0.909. The molecule has 1 aliphatic rings. The van der Waals surface area contributed by atoms with Gasteiger partial charge in [0, 0.05) is 6.04 Å². The van der Waals surface area contributed by atoms with E-state index in [0.29, 0.717) is 11.7 Å². The largest absolute Gasteiger partial charge is 0.315 e. The average molecular weight is 191 g/mol. The Morgan fingerprint density at radius 1 is 1.42 bits per heavy atom. The molecule has 0 radical (unpaired) electrons. The van der Waals surface area contributed by atoms with Crippen molar-refractivity contribution in [3.63, 3.8) is 0 Å². The van der Waals surface area contributed by atoms with Crippen LogP contribution in [0.15, 0.2) is 0 Å². The summed E-state index contributed by atoms with van der Waals surface area (Å²) in [5.74, 6) is 0.762. The highest BCUT2D eigenvalue weighted by atomic mass is 32.2. The van der Waals surface area contributed by atoms with Gasteiger partial charge in [-0.3, -0.25) is 0 Å². The summed E-state index contributed by atoms with van der Waals surface area (Å²) in [6, 6.07) is 0.128. The van der Waals surface area contributed by atoms with Crippen LogP contribution in [-0.4, -0.2) is 32.5 Å². The molecule has 1 rings (SSSR count). The summed E-state index contributed by atoms with van der Waals surface area (Å²) in [5, 5.41) is 2.94. The highest BCUT2D eigenvalue weighted by molar-refractivity contribution is 7.93. The summed E-state index contributed by atoms with van der Waals surface area (Å²) < 4.78 is 22.6. The van der Waals surface area contributed by atoms with E-state index in [9.17, 15) is 8.42 Å². The topological polar surface area (TPSA) is 46.2 Å². The van der Waals surface area contributed by atoms with Gasteiger partial charge in [0.25, 0.3) is 0 Å². The van der Waals surface area contributed by atoms with Crippen LogP contribution in [0.5, 0.6) is 0 Å². The second kappa shape index (κ2) is 3.34. The van der Waals surface area contributed by atoms with Crippen molar-refractivity contribution < 1.29 is 8.42 Å². The van der Waals surface area contributed by atoms with E-state index in [1.54, 1.807) is 0 Å². The second-order valence-electron chi connectivity index (χ2n) is 3.75. The lowest BCUT2D eigenvalue weighted by molar-refractivity contribution is 0.379. The maximum absolute atomic E-state index is 11.3. The number of sulfone groups is 1. The number of hydrogen-bond acceptors (Lipinski definition) is 3. The second-order valence-corrected chi connectivity index (χ2v) is 6.09. The third-order valence-corrected chi connectivity index (χ3v) is 4.86. The molecule has 0 amide bonds. The van der Waals surface area contributed by atoms with E-state index in [1.165, 1.54) is 0 Å². The van der Waals surface area contributed by atoms with Crippen LogP contribution in [0.2, 0.25) is 0 Å². The molecule has 4 heteroatoms. The normalized spacial score (nSPS) is 29.8. The Morgan fingerprint density at radius 3 is 2.08 bits per heavy atom. The van der Waals surface area contributed by atoms with E-state index in [2.05, 4.69) is 19.2 Å². The maximum atomic E-state index is 11.3.